The Labute approximate surface area is 135 Å². The predicted molar refractivity (Wildman–Crippen MR) is 86.5 cm³/mol. The van der Waals surface area contributed by atoms with Crippen molar-refractivity contribution in [3.05, 3.63) is 11.8 Å². The smallest absolute Gasteiger partial charge is 0.343 e. The highest BCUT2D eigenvalue weighted by atomic mass is 16.5. The van der Waals surface area contributed by atoms with E-state index in [9.17, 15) is 9.90 Å². The number of hydrogen-bond acceptors (Lipinski definition) is 7. The molecule has 1 aromatic rings. The molecule has 0 saturated heterocycles. The zero-order chi connectivity index (χ0) is 16.2. The number of carbonyl (C=O) groups excluding carboxylic acids is 1. The van der Waals surface area contributed by atoms with Crippen LogP contribution in [0.15, 0.2) is 6.20 Å². The van der Waals surface area contributed by atoms with Gasteiger partial charge in [-0.25, -0.2) is 9.78 Å². The number of nitrogens with one attached hydrogen (secondary N) is 2. The normalized spacial score (nSPS) is 24.1. The van der Waals surface area contributed by atoms with E-state index in [1.54, 1.807) is 6.92 Å². The maximum atomic E-state index is 12.1. The maximum absolute atomic E-state index is 12.1. The second-order valence-corrected chi connectivity index (χ2v) is 6.24. The molecule has 2 aliphatic rings. The lowest BCUT2D eigenvalue weighted by Gasteiger charge is -2.27. The zero-order valence-corrected chi connectivity index (χ0v) is 13.4. The molecule has 0 amide bonds. The quantitative estimate of drug-likeness (QED) is 0.689. The summed E-state index contributed by atoms with van der Waals surface area (Å²) in [5.74, 6) is 0.644. The minimum Gasteiger partial charge on any atom is -0.462 e. The summed E-state index contributed by atoms with van der Waals surface area (Å²) >= 11 is 0. The van der Waals surface area contributed by atoms with E-state index in [2.05, 4.69) is 20.6 Å². The Morgan fingerprint density at radius 3 is 2.52 bits per heavy atom. The minimum atomic E-state index is -0.413. The zero-order valence-electron chi connectivity index (χ0n) is 13.4. The third kappa shape index (κ3) is 4.31. The van der Waals surface area contributed by atoms with E-state index in [0.29, 0.717) is 30.0 Å². The molecule has 0 spiro atoms. The molecule has 2 aliphatic carbocycles. The van der Waals surface area contributed by atoms with Crippen molar-refractivity contribution in [2.45, 2.75) is 63.6 Å². The predicted octanol–water partition coefficient (Wildman–Crippen LogP) is 1.94. The Balaban J connectivity index is 1.76. The highest BCUT2D eigenvalue weighted by Crippen LogP contribution is 2.26. The van der Waals surface area contributed by atoms with Gasteiger partial charge < -0.3 is 20.5 Å². The van der Waals surface area contributed by atoms with E-state index in [1.807, 2.05) is 0 Å². The standard InChI is InChI=1S/C16H24N4O3/c1-2-23-15(22)13-9-17-16(19-11-3-4-11)20-14(13)18-10-5-7-12(21)8-6-10/h9-12,21H,2-8H2,1H3,(H2,17,18,19,20). The molecule has 1 aromatic heterocycles. The van der Waals surface area contributed by atoms with Gasteiger partial charge >= 0.3 is 5.97 Å². The van der Waals surface area contributed by atoms with Gasteiger partial charge in [0.15, 0.2) is 0 Å². The lowest BCUT2D eigenvalue weighted by atomic mass is 9.93. The number of aliphatic hydroxyl groups excluding tert-OH is 1. The third-order valence-electron chi connectivity index (χ3n) is 4.23. The van der Waals surface area contributed by atoms with Crippen LogP contribution in [-0.2, 0) is 4.74 Å². The Morgan fingerprint density at radius 2 is 1.87 bits per heavy atom. The van der Waals surface area contributed by atoms with E-state index in [1.165, 1.54) is 6.20 Å². The van der Waals surface area contributed by atoms with E-state index in [4.69, 9.17) is 4.74 Å². The number of aromatic nitrogens is 2. The third-order valence-corrected chi connectivity index (χ3v) is 4.23. The Kier molecular flexibility index (Phi) is 4.95. The molecule has 7 nitrogen and oxygen atoms in total. The molecular formula is C16H24N4O3. The number of hydrogen-bond donors (Lipinski definition) is 3. The molecule has 2 saturated carbocycles. The van der Waals surface area contributed by atoms with Gasteiger partial charge in [0, 0.05) is 18.3 Å². The first-order valence-corrected chi connectivity index (χ1v) is 8.41. The average Bonchev–Trinajstić information content (AvgIpc) is 3.34. The van der Waals surface area contributed by atoms with Gasteiger partial charge in [-0.3, -0.25) is 0 Å². The number of anilines is 2. The first-order chi connectivity index (χ1) is 11.2. The van der Waals surface area contributed by atoms with Gasteiger partial charge in [0.1, 0.15) is 11.4 Å². The summed E-state index contributed by atoms with van der Waals surface area (Å²) < 4.78 is 5.09. The van der Waals surface area contributed by atoms with Crippen molar-refractivity contribution in [2.75, 3.05) is 17.2 Å². The molecule has 0 radical (unpaired) electrons. The first kappa shape index (κ1) is 16.0. The summed E-state index contributed by atoms with van der Waals surface area (Å²) in [6, 6.07) is 0.649. The van der Waals surface area contributed by atoms with Crippen LogP contribution in [0.4, 0.5) is 11.8 Å². The van der Waals surface area contributed by atoms with Crippen molar-refractivity contribution >= 4 is 17.7 Å². The highest BCUT2D eigenvalue weighted by molar-refractivity contribution is 5.94. The number of esters is 1. The van der Waals surface area contributed by atoms with Crippen LogP contribution in [0.3, 0.4) is 0 Å². The van der Waals surface area contributed by atoms with Crippen molar-refractivity contribution in [2.24, 2.45) is 0 Å². The summed E-state index contributed by atoms with van der Waals surface area (Å²) in [4.78, 5) is 20.8. The van der Waals surface area contributed by atoms with Gasteiger partial charge in [-0.05, 0) is 45.4 Å². The Bertz CT molecular complexity index is 554. The van der Waals surface area contributed by atoms with Crippen molar-refractivity contribution in [3.63, 3.8) is 0 Å². The highest BCUT2D eigenvalue weighted by Gasteiger charge is 2.25. The van der Waals surface area contributed by atoms with Gasteiger partial charge in [-0.2, -0.15) is 4.98 Å². The fourth-order valence-electron chi connectivity index (χ4n) is 2.74. The molecule has 23 heavy (non-hydrogen) atoms. The summed E-state index contributed by atoms with van der Waals surface area (Å²) in [7, 11) is 0. The summed E-state index contributed by atoms with van der Waals surface area (Å²) in [6.45, 7) is 2.09. The molecule has 0 bridgehead atoms. The van der Waals surface area contributed by atoms with Crippen LogP contribution < -0.4 is 10.6 Å². The second-order valence-electron chi connectivity index (χ2n) is 6.24. The molecule has 126 valence electrons. The SMILES string of the molecule is CCOC(=O)c1cnc(NC2CC2)nc1NC1CCC(O)CC1. The Hall–Kier alpha value is -1.89. The van der Waals surface area contributed by atoms with Crippen molar-refractivity contribution in [3.8, 4) is 0 Å². The molecule has 0 unspecified atom stereocenters. The lowest BCUT2D eigenvalue weighted by molar-refractivity contribution is 0.0526. The molecule has 0 aliphatic heterocycles. The van der Waals surface area contributed by atoms with Crippen LogP contribution in [0, 0.1) is 0 Å². The minimum absolute atomic E-state index is 0.204. The number of aliphatic hydroxyl groups is 1. The molecule has 0 atom stereocenters. The summed E-state index contributed by atoms with van der Waals surface area (Å²) in [5.41, 5.74) is 0.360. The number of carbonyl (C=O) groups is 1. The molecule has 0 aromatic carbocycles. The lowest BCUT2D eigenvalue weighted by Crippen LogP contribution is -2.29. The van der Waals surface area contributed by atoms with Crippen LogP contribution in [0.2, 0.25) is 0 Å². The fraction of sp³-hybridized carbons (Fsp3) is 0.688. The van der Waals surface area contributed by atoms with E-state index in [0.717, 1.165) is 38.5 Å². The van der Waals surface area contributed by atoms with Gasteiger partial charge in [-0.15, -0.1) is 0 Å². The van der Waals surface area contributed by atoms with Crippen LogP contribution in [0.1, 0.15) is 55.8 Å². The van der Waals surface area contributed by atoms with Crippen molar-refractivity contribution in [1.29, 1.82) is 0 Å². The van der Waals surface area contributed by atoms with Crippen molar-refractivity contribution < 1.29 is 14.6 Å². The van der Waals surface area contributed by atoms with Crippen LogP contribution in [0.5, 0.6) is 0 Å². The van der Waals surface area contributed by atoms with Gasteiger partial charge in [0.05, 0.1) is 12.7 Å². The van der Waals surface area contributed by atoms with Gasteiger partial charge in [0.25, 0.3) is 0 Å². The van der Waals surface area contributed by atoms with Crippen LogP contribution in [-0.4, -0.2) is 45.8 Å². The summed E-state index contributed by atoms with van der Waals surface area (Å²) in [5, 5.41) is 16.2. The number of ether oxygens (including phenoxy) is 1. The van der Waals surface area contributed by atoms with Crippen LogP contribution >= 0.6 is 0 Å². The topological polar surface area (TPSA) is 96.4 Å². The van der Waals surface area contributed by atoms with Gasteiger partial charge in [0.2, 0.25) is 5.95 Å². The maximum Gasteiger partial charge on any atom is 0.343 e. The summed E-state index contributed by atoms with van der Waals surface area (Å²) in [6.07, 6.45) is 6.83. The Morgan fingerprint density at radius 1 is 1.22 bits per heavy atom. The molecule has 7 heteroatoms. The van der Waals surface area contributed by atoms with E-state index < -0.39 is 5.97 Å². The van der Waals surface area contributed by atoms with Crippen LogP contribution in [0.25, 0.3) is 0 Å². The second kappa shape index (κ2) is 7.12. The van der Waals surface area contributed by atoms with Gasteiger partial charge in [-0.1, -0.05) is 0 Å². The van der Waals surface area contributed by atoms with E-state index >= 15 is 0 Å². The number of nitrogens with zero attached hydrogens (tertiary/aromatic N) is 2. The molecule has 3 N–H and O–H groups in total. The van der Waals surface area contributed by atoms with Crippen molar-refractivity contribution in [1.82, 2.24) is 9.97 Å². The molecule has 1 heterocycles. The van der Waals surface area contributed by atoms with E-state index in [-0.39, 0.29) is 12.1 Å². The average molecular weight is 320 g/mol. The molecule has 3 rings (SSSR count). The fourth-order valence-corrected chi connectivity index (χ4v) is 2.74. The monoisotopic (exact) mass is 320 g/mol. The largest absolute Gasteiger partial charge is 0.462 e. The molecular weight excluding hydrogens is 296 g/mol. The number of rotatable bonds is 6. The molecule has 2 fully saturated rings. The first-order valence-electron chi connectivity index (χ1n) is 8.41.